The summed E-state index contributed by atoms with van der Waals surface area (Å²) in [5.41, 5.74) is 1.01. The fourth-order valence-electron chi connectivity index (χ4n) is 1.52. The van der Waals surface area contributed by atoms with Crippen LogP contribution in [-0.2, 0) is 11.2 Å². The lowest BCUT2D eigenvalue weighted by atomic mass is 10.1. The van der Waals surface area contributed by atoms with Crippen LogP contribution < -0.4 is 0 Å². The van der Waals surface area contributed by atoms with Crippen molar-refractivity contribution in [1.82, 2.24) is 4.98 Å². The van der Waals surface area contributed by atoms with Gasteiger partial charge in [0.15, 0.2) is 5.78 Å². The minimum Gasteiger partial charge on any atom is -0.294 e. The normalized spacial score (nSPS) is 15.8. The van der Waals surface area contributed by atoms with E-state index in [0.717, 1.165) is 29.8 Å². The number of hydrogen-bond acceptors (Lipinski definition) is 3. The zero-order chi connectivity index (χ0) is 9.10. The highest BCUT2D eigenvalue weighted by Crippen LogP contribution is 2.20. The van der Waals surface area contributed by atoms with Gasteiger partial charge in [-0.3, -0.25) is 4.79 Å². The van der Waals surface area contributed by atoms with Crippen LogP contribution in [0, 0.1) is 0 Å². The second-order valence-electron chi connectivity index (χ2n) is 3.15. The van der Waals surface area contributed by atoms with Crippen LogP contribution in [0.2, 0.25) is 0 Å². The van der Waals surface area contributed by atoms with Gasteiger partial charge in [0.2, 0.25) is 0 Å². The SMILES string of the molecule is O=C(Cc1nccs1)C1=CCCC1. The molecule has 1 heterocycles. The zero-order valence-corrected chi connectivity index (χ0v) is 8.14. The number of hydrogen-bond donors (Lipinski definition) is 0. The van der Waals surface area contributed by atoms with E-state index in [1.807, 2.05) is 5.38 Å². The van der Waals surface area contributed by atoms with Gasteiger partial charge >= 0.3 is 0 Å². The molecule has 0 unspecified atom stereocenters. The van der Waals surface area contributed by atoms with Gasteiger partial charge in [-0.05, 0) is 24.8 Å². The van der Waals surface area contributed by atoms with Crippen molar-refractivity contribution in [1.29, 1.82) is 0 Å². The fraction of sp³-hybridized carbons (Fsp3) is 0.400. The first kappa shape index (κ1) is 8.63. The first-order chi connectivity index (χ1) is 6.36. The van der Waals surface area contributed by atoms with Crippen LogP contribution in [-0.4, -0.2) is 10.8 Å². The molecule has 0 saturated heterocycles. The van der Waals surface area contributed by atoms with E-state index >= 15 is 0 Å². The van der Waals surface area contributed by atoms with Crippen molar-refractivity contribution in [3.05, 3.63) is 28.2 Å². The predicted molar refractivity (Wildman–Crippen MR) is 52.8 cm³/mol. The topological polar surface area (TPSA) is 30.0 Å². The van der Waals surface area contributed by atoms with E-state index in [1.165, 1.54) is 0 Å². The standard InChI is InChI=1S/C10H11NOS/c12-9(8-3-1-2-4-8)7-10-11-5-6-13-10/h3,5-6H,1-2,4,7H2. The molecular weight excluding hydrogens is 182 g/mol. The van der Waals surface area contributed by atoms with Crippen LogP contribution in [0.3, 0.4) is 0 Å². The monoisotopic (exact) mass is 193 g/mol. The number of carbonyl (C=O) groups is 1. The molecule has 1 aromatic rings. The van der Waals surface area contributed by atoms with Crippen LogP contribution in [0.4, 0.5) is 0 Å². The van der Waals surface area contributed by atoms with Crippen molar-refractivity contribution in [3.8, 4) is 0 Å². The van der Waals surface area contributed by atoms with Gasteiger partial charge in [-0.25, -0.2) is 4.98 Å². The molecule has 1 aliphatic carbocycles. The lowest BCUT2D eigenvalue weighted by Crippen LogP contribution is -2.04. The molecule has 0 aromatic carbocycles. The molecule has 2 rings (SSSR count). The minimum absolute atomic E-state index is 0.257. The number of ketones is 1. The molecule has 0 spiro atoms. The molecule has 3 heteroatoms. The summed E-state index contributed by atoms with van der Waals surface area (Å²) in [6.45, 7) is 0. The van der Waals surface area contributed by atoms with Gasteiger partial charge in [0.05, 0.1) is 6.42 Å². The van der Waals surface area contributed by atoms with Crippen molar-refractivity contribution >= 4 is 17.1 Å². The first-order valence-corrected chi connectivity index (χ1v) is 5.35. The van der Waals surface area contributed by atoms with E-state index in [9.17, 15) is 4.79 Å². The van der Waals surface area contributed by atoms with Crippen molar-refractivity contribution in [2.24, 2.45) is 0 Å². The Bertz CT molecular complexity index is 327. The van der Waals surface area contributed by atoms with Crippen LogP contribution in [0.1, 0.15) is 24.3 Å². The molecule has 0 saturated carbocycles. The first-order valence-electron chi connectivity index (χ1n) is 4.47. The number of aromatic nitrogens is 1. The van der Waals surface area contributed by atoms with E-state index in [2.05, 4.69) is 11.1 Å². The summed E-state index contributed by atoms with van der Waals surface area (Å²) in [5, 5.41) is 2.84. The second-order valence-corrected chi connectivity index (χ2v) is 4.13. The number of nitrogens with zero attached hydrogens (tertiary/aromatic N) is 1. The van der Waals surface area contributed by atoms with Crippen LogP contribution in [0.15, 0.2) is 23.2 Å². The third-order valence-corrected chi connectivity index (χ3v) is 2.97. The molecule has 2 nitrogen and oxygen atoms in total. The number of thiazole rings is 1. The highest BCUT2D eigenvalue weighted by Gasteiger charge is 2.14. The van der Waals surface area contributed by atoms with Crippen molar-refractivity contribution < 1.29 is 4.79 Å². The summed E-state index contributed by atoms with van der Waals surface area (Å²) in [6, 6.07) is 0. The highest BCUT2D eigenvalue weighted by atomic mass is 32.1. The van der Waals surface area contributed by atoms with Gasteiger partial charge in [0.25, 0.3) is 0 Å². The molecule has 0 N–H and O–H groups in total. The maximum absolute atomic E-state index is 11.6. The van der Waals surface area contributed by atoms with Crippen molar-refractivity contribution in [2.45, 2.75) is 25.7 Å². The molecule has 0 aliphatic heterocycles. The maximum Gasteiger partial charge on any atom is 0.165 e. The number of rotatable bonds is 3. The molecule has 13 heavy (non-hydrogen) atoms. The number of allylic oxidation sites excluding steroid dienone is 2. The van der Waals surface area contributed by atoms with E-state index in [1.54, 1.807) is 17.5 Å². The molecule has 0 fully saturated rings. The van der Waals surface area contributed by atoms with Gasteiger partial charge in [0.1, 0.15) is 5.01 Å². The van der Waals surface area contributed by atoms with E-state index in [-0.39, 0.29) is 5.78 Å². The molecular formula is C10H11NOS. The van der Waals surface area contributed by atoms with Gasteiger partial charge < -0.3 is 0 Å². The number of Topliss-reactive ketones (excluding diaryl/α,β-unsaturated/α-hetero) is 1. The second kappa shape index (κ2) is 3.83. The highest BCUT2D eigenvalue weighted by molar-refractivity contribution is 7.09. The average Bonchev–Trinajstić information content (AvgIpc) is 2.74. The summed E-state index contributed by atoms with van der Waals surface area (Å²) in [6.07, 6.45) is 7.47. The Morgan fingerprint density at radius 2 is 2.54 bits per heavy atom. The van der Waals surface area contributed by atoms with Crippen LogP contribution in [0.25, 0.3) is 0 Å². The van der Waals surface area contributed by atoms with E-state index in [0.29, 0.717) is 6.42 Å². The molecule has 0 radical (unpaired) electrons. The van der Waals surface area contributed by atoms with Gasteiger partial charge in [-0.15, -0.1) is 11.3 Å². The largest absolute Gasteiger partial charge is 0.294 e. The lowest BCUT2D eigenvalue weighted by Gasteiger charge is -1.97. The predicted octanol–water partition coefficient (Wildman–Crippen LogP) is 2.37. The van der Waals surface area contributed by atoms with Gasteiger partial charge in [0, 0.05) is 11.6 Å². The molecule has 1 aromatic heterocycles. The molecule has 1 aliphatic rings. The van der Waals surface area contributed by atoms with E-state index in [4.69, 9.17) is 0 Å². The summed E-state index contributed by atoms with van der Waals surface area (Å²) in [4.78, 5) is 15.7. The molecule has 68 valence electrons. The summed E-state index contributed by atoms with van der Waals surface area (Å²) >= 11 is 1.55. The smallest absolute Gasteiger partial charge is 0.165 e. The quantitative estimate of drug-likeness (QED) is 0.737. The third-order valence-electron chi connectivity index (χ3n) is 2.19. The minimum atomic E-state index is 0.257. The zero-order valence-electron chi connectivity index (χ0n) is 7.32. The van der Waals surface area contributed by atoms with Crippen molar-refractivity contribution in [2.75, 3.05) is 0 Å². The Labute approximate surface area is 81.3 Å². The lowest BCUT2D eigenvalue weighted by molar-refractivity contribution is -0.115. The summed E-state index contributed by atoms with van der Waals surface area (Å²) in [5.74, 6) is 0.257. The fourth-order valence-corrected chi connectivity index (χ4v) is 2.13. The maximum atomic E-state index is 11.6. The van der Waals surface area contributed by atoms with Crippen LogP contribution >= 0.6 is 11.3 Å². The van der Waals surface area contributed by atoms with E-state index < -0.39 is 0 Å². The molecule has 0 amide bonds. The Kier molecular flexibility index (Phi) is 2.54. The average molecular weight is 193 g/mol. The van der Waals surface area contributed by atoms with Gasteiger partial charge in [-0.1, -0.05) is 6.08 Å². The number of carbonyl (C=O) groups excluding carboxylic acids is 1. The Hall–Kier alpha value is -0.960. The van der Waals surface area contributed by atoms with Gasteiger partial charge in [-0.2, -0.15) is 0 Å². The third kappa shape index (κ3) is 2.04. The summed E-state index contributed by atoms with van der Waals surface area (Å²) < 4.78 is 0. The Morgan fingerprint density at radius 3 is 3.15 bits per heavy atom. The Balaban J connectivity index is 1.99. The van der Waals surface area contributed by atoms with Crippen molar-refractivity contribution in [3.63, 3.8) is 0 Å². The van der Waals surface area contributed by atoms with Crippen LogP contribution in [0.5, 0.6) is 0 Å². The molecule has 0 atom stereocenters. The summed E-state index contributed by atoms with van der Waals surface area (Å²) in [7, 11) is 0. The molecule has 0 bridgehead atoms. The Morgan fingerprint density at radius 1 is 1.62 bits per heavy atom.